The van der Waals surface area contributed by atoms with Crippen molar-refractivity contribution in [3.63, 3.8) is 0 Å². The number of aryl methyl sites for hydroxylation is 2. The largest absolute Gasteiger partial charge is 0.349 e. The van der Waals surface area contributed by atoms with E-state index in [0.717, 1.165) is 42.4 Å². The summed E-state index contributed by atoms with van der Waals surface area (Å²) in [5, 5.41) is 3.17. The highest BCUT2D eigenvalue weighted by Gasteiger charge is 2.40. The Kier molecular flexibility index (Phi) is 4.00. The molecule has 1 aliphatic carbocycles. The molecule has 1 spiro atoms. The van der Waals surface area contributed by atoms with Gasteiger partial charge in [0, 0.05) is 24.4 Å². The summed E-state index contributed by atoms with van der Waals surface area (Å²) in [6, 6.07) is 6.17. The van der Waals surface area contributed by atoms with Crippen LogP contribution in [0, 0.1) is 13.8 Å². The van der Waals surface area contributed by atoms with Crippen LogP contribution in [-0.2, 0) is 9.47 Å². The van der Waals surface area contributed by atoms with Crippen molar-refractivity contribution in [2.24, 2.45) is 0 Å². The minimum Gasteiger partial charge on any atom is -0.349 e. The van der Waals surface area contributed by atoms with Crippen molar-refractivity contribution in [1.29, 1.82) is 0 Å². The van der Waals surface area contributed by atoms with Crippen LogP contribution in [-0.4, -0.2) is 30.9 Å². The van der Waals surface area contributed by atoms with E-state index in [1.54, 1.807) is 0 Å². The Bertz CT molecular complexity index is 505. The van der Waals surface area contributed by atoms with Crippen molar-refractivity contribution in [1.82, 2.24) is 5.32 Å². The first kappa shape index (κ1) is 14.5. The van der Waals surface area contributed by atoms with Crippen LogP contribution in [0.25, 0.3) is 0 Å². The van der Waals surface area contributed by atoms with E-state index in [-0.39, 0.29) is 17.7 Å². The highest BCUT2D eigenvalue weighted by Crippen LogP contribution is 2.35. The Morgan fingerprint density at radius 1 is 1.14 bits per heavy atom. The van der Waals surface area contributed by atoms with Crippen molar-refractivity contribution in [3.05, 3.63) is 34.9 Å². The third-order valence-electron chi connectivity index (χ3n) is 4.60. The summed E-state index contributed by atoms with van der Waals surface area (Å²) in [6.45, 7) is 5.36. The summed E-state index contributed by atoms with van der Waals surface area (Å²) in [7, 11) is 0. The molecule has 3 rings (SSSR count). The molecular formula is C17H23NO3. The fourth-order valence-electron chi connectivity index (χ4n) is 3.42. The van der Waals surface area contributed by atoms with E-state index in [0.29, 0.717) is 13.2 Å². The summed E-state index contributed by atoms with van der Waals surface area (Å²) in [5.41, 5.74) is 2.87. The highest BCUT2D eigenvalue weighted by molar-refractivity contribution is 5.97. The van der Waals surface area contributed by atoms with E-state index in [1.165, 1.54) is 0 Å². The molecule has 1 saturated heterocycles. The van der Waals surface area contributed by atoms with Gasteiger partial charge in [0.2, 0.25) is 0 Å². The van der Waals surface area contributed by atoms with Crippen LogP contribution in [0.4, 0.5) is 0 Å². The van der Waals surface area contributed by atoms with Gasteiger partial charge in [-0.2, -0.15) is 0 Å². The standard InChI is InChI=1S/C17H23NO3/c1-12-4-3-5-13(2)15(12)16(19)18-14-6-8-17(9-7-14)20-10-11-21-17/h3-5,14H,6-11H2,1-2H3,(H,18,19). The maximum absolute atomic E-state index is 12.5. The van der Waals surface area contributed by atoms with Gasteiger partial charge in [0.15, 0.2) is 5.79 Å². The van der Waals surface area contributed by atoms with Gasteiger partial charge in [0.25, 0.3) is 5.91 Å². The molecular weight excluding hydrogens is 266 g/mol. The third kappa shape index (κ3) is 2.97. The average molecular weight is 289 g/mol. The van der Waals surface area contributed by atoms with Gasteiger partial charge in [-0.25, -0.2) is 0 Å². The van der Waals surface area contributed by atoms with Gasteiger partial charge in [0.1, 0.15) is 0 Å². The zero-order valence-corrected chi connectivity index (χ0v) is 12.8. The van der Waals surface area contributed by atoms with Crippen LogP contribution < -0.4 is 5.32 Å². The monoisotopic (exact) mass is 289 g/mol. The SMILES string of the molecule is Cc1cccc(C)c1C(=O)NC1CCC2(CC1)OCCO2. The molecule has 0 aromatic heterocycles. The first-order valence-corrected chi connectivity index (χ1v) is 7.75. The number of ether oxygens (including phenoxy) is 2. The second-order valence-electron chi connectivity index (χ2n) is 6.12. The normalized spacial score (nSPS) is 21.6. The van der Waals surface area contributed by atoms with Crippen molar-refractivity contribution in [3.8, 4) is 0 Å². The average Bonchev–Trinajstić information content (AvgIpc) is 2.90. The fourth-order valence-corrected chi connectivity index (χ4v) is 3.42. The Labute approximate surface area is 125 Å². The number of nitrogens with one attached hydrogen (secondary N) is 1. The molecule has 0 atom stereocenters. The van der Waals surface area contributed by atoms with Gasteiger partial charge in [-0.3, -0.25) is 4.79 Å². The lowest BCUT2D eigenvalue weighted by molar-refractivity contribution is -0.179. The van der Waals surface area contributed by atoms with Crippen LogP contribution in [0.1, 0.15) is 47.2 Å². The maximum atomic E-state index is 12.5. The Hall–Kier alpha value is -1.39. The Morgan fingerprint density at radius 3 is 2.29 bits per heavy atom. The summed E-state index contributed by atoms with van der Waals surface area (Å²) < 4.78 is 11.4. The quantitative estimate of drug-likeness (QED) is 0.910. The van der Waals surface area contributed by atoms with E-state index in [1.807, 2.05) is 32.0 Å². The maximum Gasteiger partial charge on any atom is 0.252 e. The van der Waals surface area contributed by atoms with E-state index >= 15 is 0 Å². The fraction of sp³-hybridized carbons (Fsp3) is 0.588. The zero-order chi connectivity index (χ0) is 14.9. The Balaban J connectivity index is 1.61. The number of benzene rings is 1. The first-order chi connectivity index (χ1) is 10.1. The molecule has 1 N–H and O–H groups in total. The lowest BCUT2D eigenvalue weighted by Gasteiger charge is -2.35. The number of rotatable bonds is 2. The number of hydrogen-bond acceptors (Lipinski definition) is 3. The van der Waals surface area contributed by atoms with E-state index < -0.39 is 0 Å². The molecule has 4 heteroatoms. The molecule has 21 heavy (non-hydrogen) atoms. The number of hydrogen-bond donors (Lipinski definition) is 1. The number of carbonyl (C=O) groups excluding carboxylic acids is 1. The van der Waals surface area contributed by atoms with Crippen molar-refractivity contribution < 1.29 is 14.3 Å². The molecule has 1 heterocycles. The molecule has 1 saturated carbocycles. The second kappa shape index (κ2) is 5.78. The summed E-state index contributed by atoms with van der Waals surface area (Å²) in [4.78, 5) is 12.5. The summed E-state index contributed by atoms with van der Waals surface area (Å²) >= 11 is 0. The van der Waals surface area contributed by atoms with Gasteiger partial charge in [-0.05, 0) is 37.8 Å². The topological polar surface area (TPSA) is 47.6 Å². The lowest BCUT2D eigenvalue weighted by Crippen LogP contribution is -2.44. The van der Waals surface area contributed by atoms with Gasteiger partial charge < -0.3 is 14.8 Å². The second-order valence-corrected chi connectivity index (χ2v) is 6.12. The van der Waals surface area contributed by atoms with Crippen molar-refractivity contribution in [2.75, 3.05) is 13.2 Å². The Morgan fingerprint density at radius 2 is 1.71 bits per heavy atom. The predicted octanol–water partition coefficient (Wildman–Crippen LogP) is 2.72. The molecule has 114 valence electrons. The van der Waals surface area contributed by atoms with Crippen molar-refractivity contribution >= 4 is 5.91 Å². The minimum atomic E-state index is -0.361. The van der Waals surface area contributed by atoms with Crippen LogP contribution in [0.15, 0.2) is 18.2 Å². The van der Waals surface area contributed by atoms with Crippen molar-refractivity contribution in [2.45, 2.75) is 51.4 Å². The van der Waals surface area contributed by atoms with Gasteiger partial charge in [0.05, 0.1) is 13.2 Å². The van der Waals surface area contributed by atoms with E-state index in [4.69, 9.17) is 9.47 Å². The smallest absolute Gasteiger partial charge is 0.252 e. The molecule has 2 fully saturated rings. The number of carbonyl (C=O) groups is 1. The molecule has 4 nitrogen and oxygen atoms in total. The van der Waals surface area contributed by atoms with Crippen LogP contribution in [0.3, 0.4) is 0 Å². The lowest BCUT2D eigenvalue weighted by atomic mass is 9.89. The molecule has 0 radical (unpaired) electrons. The van der Waals surface area contributed by atoms with E-state index in [2.05, 4.69) is 5.32 Å². The van der Waals surface area contributed by atoms with Crippen LogP contribution in [0.2, 0.25) is 0 Å². The minimum absolute atomic E-state index is 0.0415. The molecule has 0 unspecified atom stereocenters. The summed E-state index contributed by atoms with van der Waals surface area (Å²) in [5.74, 6) is -0.320. The molecule has 2 aliphatic rings. The molecule has 1 amide bonds. The predicted molar refractivity (Wildman–Crippen MR) is 80.3 cm³/mol. The van der Waals surface area contributed by atoms with E-state index in [9.17, 15) is 4.79 Å². The van der Waals surface area contributed by atoms with Crippen LogP contribution >= 0.6 is 0 Å². The zero-order valence-electron chi connectivity index (χ0n) is 12.8. The highest BCUT2D eigenvalue weighted by atomic mass is 16.7. The molecule has 1 aromatic carbocycles. The molecule has 1 aliphatic heterocycles. The van der Waals surface area contributed by atoms with Gasteiger partial charge in [-0.15, -0.1) is 0 Å². The summed E-state index contributed by atoms with van der Waals surface area (Å²) in [6.07, 6.45) is 3.56. The first-order valence-electron chi connectivity index (χ1n) is 7.75. The third-order valence-corrected chi connectivity index (χ3v) is 4.60. The van der Waals surface area contributed by atoms with Crippen LogP contribution in [0.5, 0.6) is 0 Å². The van der Waals surface area contributed by atoms with Gasteiger partial charge >= 0.3 is 0 Å². The van der Waals surface area contributed by atoms with Gasteiger partial charge in [-0.1, -0.05) is 18.2 Å². The molecule has 1 aromatic rings. The number of amides is 1. The molecule has 0 bridgehead atoms.